The van der Waals surface area contributed by atoms with Crippen molar-refractivity contribution < 1.29 is 0 Å². The van der Waals surface area contributed by atoms with Crippen LogP contribution in [0, 0.1) is 0 Å². The minimum absolute atomic E-state index is 0.633. The Morgan fingerprint density at radius 2 is 0.786 bits per heavy atom. The molecule has 262 valence electrons. The molecule has 0 fully saturated rings. The number of nitrogens with one attached hydrogen (secondary N) is 1. The number of rotatable bonds is 6. The van der Waals surface area contributed by atoms with Crippen LogP contribution in [0.1, 0.15) is 0 Å². The maximum atomic E-state index is 5.01. The van der Waals surface area contributed by atoms with E-state index in [0.717, 1.165) is 55.7 Å². The first-order valence-electron chi connectivity index (χ1n) is 18.9. The minimum Gasteiger partial charge on any atom is -0.353 e. The quantitative estimate of drug-likeness (QED) is 0.186. The van der Waals surface area contributed by atoms with Gasteiger partial charge in [-0.15, -0.1) is 0 Å². The number of H-pyrrole nitrogens is 1. The van der Waals surface area contributed by atoms with Crippen LogP contribution in [0.25, 0.3) is 106 Å². The van der Waals surface area contributed by atoms with Gasteiger partial charge in [0.05, 0.1) is 22.1 Å². The van der Waals surface area contributed by atoms with Gasteiger partial charge in [-0.05, 0) is 41.5 Å². The molecule has 0 spiro atoms. The van der Waals surface area contributed by atoms with Crippen LogP contribution in [-0.2, 0) is 0 Å². The molecule has 0 saturated carbocycles. The van der Waals surface area contributed by atoms with E-state index in [0.29, 0.717) is 17.5 Å². The van der Waals surface area contributed by atoms with E-state index in [2.05, 4.69) is 143 Å². The van der Waals surface area contributed by atoms with Gasteiger partial charge >= 0.3 is 0 Å². The molecule has 0 aliphatic carbocycles. The Morgan fingerprint density at radius 1 is 0.321 bits per heavy atom. The summed E-state index contributed by atoms with van der Waals surface area (Å²) in [5, 5.41) is 4.86. The zero-order chi connectivity index (χ0) is 37.0. The summed E-state index contributed by atoms with van der Waals surface area (Å²) in [5.41, 5.74) is 13.1. The highest BCUT2D eigenvalue weighted by Gasteiger charge is 2.18. The number of aromatic amines is 1. The molecular formula is C51H33N5. The Bertz CT molecular complexity index is 3180. The van der Waals surface area contributed by atoms with Crippen LogP contribution in [0.4, 0.5) is 0 Å². The fourth-order valence-corrected chi connectivity index (χ4v) is 8.19. The van der Waals surface area contributed by atoms with Gasteiger partial charge in [0, 0.05) is 55.0 Å². The van der Waals surface area contributed by atoms with Gasteiger partial charge in [-0.3, -0.25) is 0 Å². The zero-order valence-electron chi connectivity index (χ0n) is 30.3. The van der Waals surface area contributed by atoms with Crippen LogP contribution in [0.5, 0.6) is 0 Å². The Hall–Kier alpha value is -7.63. The summed E-state index contributed by atoms with van der Waals surface area (Å²) < 4.78 is 2.38. The van der Waals surface area contributed by atoms with E-state index < -0.39 is 0 Å². The van der Waals surface area contributed by atoms with Crippen molar-refractivity contribution in [1.29, 1.82) is 0 Å². The second kappa shape index (κ2) is 13.0. The molecule has 5 heteroatoms. The number of para-hydroxylation sites is 4. The third-order valence-corrected chi connectivity index (χ3v) is 10.8. The SMILES string of the molecule is c1ccc(-c2nc(-c3ccccc3)nc(-c3cccc(-c4cccc5c4[nH]c4c(-c6ccc7c8ccccc8n(-c8ccccc8)c7c6)cccc45)c3)n2)cc1. The lowest BCUT2D eigenvalue weighted by molar-refractivity contribution is 1.07. The van der Waals surface area contributed by atoms with Gasteiger partial charge in [0.15, 0.2) is 17.5 Å². The first kappa shape index (κ1) is 31.9. The van der Waals surface area contributed by atoms with Crippen LogP contribution in [0.15, 0.2) is 194 Å². The van der Waals surface area contributed by atoms with Crippen molar-refractivity contribution in [2.24, 2.45) is 0 Å². The predicted molar refractivity (Wildman–Crippen MR) is 231 cm³/mol. The highest BCUT2D eigenvalue weighted by atomic mass is 15.0. The molecule has 0 aliphatic heterocycles. The molecule has 11 aromatic rings. The van der Waals surface area contributed by atoms with Crippen LogP contribution >= 0.6 is 0 Å². The lowest BCUT2D eigenvalue weighted by atomic mass is 9.98. The monoisotopic (exact) mass is 715 g/mol. The van der Waals surface area contributed by atoms with E-state index >= 15 is 0 Å². The molecule has 0 atom stereocenters. The van der Waals surface area contributed by atoms with E-state index in [1.54, 1.807) is 0 Å². The zero-order valence-corrected chi connectivity index (χ0v) is 30.3. The maximum absolute atomic E-state index is 5.01. The van der Waals surface area contributed by atoms with Crippen molar-refractivity contribution in [1.82, 2.24) is 24.5 Å². The van der Waals surface area contributed by atoms with Crippen molar-refractivity contribution in [2.45, 2.75) is 0 Å². The summed E-state index contributed by atoms with van der Waals surface area (Å²) in [6.07, 6.45) is 0. The molecule has 5 nitrogen and oxygen atoms in total. The summed E-state index contributed by atoms with van der Waals surface area (Å²) in [6.45, 7) is 0. The average molecular weight is 716 g/mol. The molecule has 0 amide bonds. The Balaban J connectivity index is 1.05. The van der Waals surface area contributed by atoms with Crippen LogP contribution < -0.4 is 0 Å². The third-order valence-electron chi connectivity index (χ3n) is 10.8. The lowest BCUT2D eigenvalue weighted by Crippen LogP contribution is -2.00. The summed E-state index contributed by atoms with van der Waals surface area (Å²) in [6, 6.07) is 68.1. The fraction of sp³-hybridized carbons (Fsp3) is 0. The molecule has 3 heterocycles. The van der Waals surface area contributed by atoms with Gasteiger partial charge in [0.1, 0.15) is 0 Å². The van der Waals surface area contributed by atoms with Gasteiger partial charge in [-0.2, -0.15) is 0 Å². The van der Waals surface area contributed by atoms with Gasteiger partial charge in [-0.25, -0.2) is 15.0 Å². The predicted octanol–water partition coefficient (Wildman–Crippen LogP) is 12.9. The van der Waals surface area contributed by atoms with E-state index in [9.17, 15) is 0 Å². The number of benzene rings is 8. The van der Waals surface area contributed by atoms with E-state index in [4.69, 9.17) is 15.0 Å². The molecule has 0 aliphatic rings. The largest absolute Gasteiger partial charge is 0.353 e. The van der Waals surface area contributed by atoms with Crippen LogP contribution in [-0.4, -0.2) is 24.5 Å². The normalized spacial score (nSPS) is 11.6. The second-order valence-corrected chi connectivity index (χ2v) is 14.1. The van der Waals surface area contributed by atoms with Crippen molar-refractivity contribution >= 4 is 43.6 Å². The molecule has 0 unspecified atom stereocenters. The van der Waals surface area contributed by atoms with Gasteiger partial charge in [0.25, 0.3) is 0 Å². The van der Waals surface area contributed by atoms with Crippen molar-refractivity contribution in [3.8, 4) is 62.1 Å². The highest BCUT2D eigenvalue weighted by Crippen LogP contribution is 2.40. The van der Waals surface area contributed by atoms with E-state index in [1.165, 1.54) is 32.6 Å². The lowest BCUT2D eigenvalue weighted by Gasteiger charge is -2.10. The van der Waals surface area contributed by atoms with Crippen LogP contribution in [0.2, 0.25) is 0 Å². The van der Waals surface area contributed by atoms with Gasteiger partial charge in [0.2, 0.25) is 0 Å². The highest BCUT2D eigenvalue weighted by molar-refractivity contribution is 6.16. The molecule has 0 saturated heterocycles. The van der Waals surface area contributed by atoms with Crippen molar-refractivity contribution in [2.75, 3.05) is 0 Å². The molecule has 3 aromatic heterocycles. The first-order chi connectivity index (χ1) is 27.8. The topological polar surface area (TPSA) is 59.4 Å². The Kier molecular flexibility index (Phi) is 7.42. The average Bonchev–Trinajstić information content (AvgIpc) is 3.83. The molecule has 8 aromatic carbocycles. The second-order valence-electron chi connectivity index (χ2n) is 14.1. The summed E-state index contributed by atoms with van der Waals surface area (Å²) in [7, 11) is 0. The molecule has 1 N–H and O–H groups in total. The van der Waals surface area contributed by atoms with Crippen molar-refractivity contribution in [3.63, 3.8) is 0 Å². The smallest absolute Gasteiger partial charge is 0.164 e. The molecular weight excluding hydrogens is 683 g/mol. The number of hydrogen-bond donors (Lipinski definition) is 1. The summed E-state index contributed by atoms with van der Waals surface area (Å²) >= 11 is 0. The van der Waals surface area contributed by atoms with E-state index in [1.807, 2.05) is 60.7 Å². The van der Waals surface area contributed by atoms with E-state index in [-0.39, 0.29) is 0 Å². The number of nitrogens with zero attached hydrogens (tertiary/aromatic N) is 4. The first-order valence-corrected chi connectivity index (χ1v) is 18.9. The van der Waals surface area contributed by atoms with Crippen molar-refractivity contribution in [3.05, 3.63) is 194 Å². The number of hydrogen-bond acceptors (Lipinski definition) is 3. The maximum Gasteiger partial charge on any atom is 0.164 e. The standard InChI is InChI=1S/C51H33N5/c1-4-15-33(16-5-1)49-53-50(34-17-6-2-7-18-34)55-51(54-49)37-20-12-19-35(31-37)39-24-13-26-43-44-27-14-25-40(48(44)52-47(39)43)36-29-30-42-41-23-10-11-28-45(41)56(46(42)32-36)38-21-8-3-9-22-38/h1-32,52H. The van der Waals surface area contributed by atoms with Crippen LogP contribution in [0.3, 0.4) is 0 Å². The Labute approximate surface area is 323 Å². The molecule has 11 rings (SSSR count). The minimum atomic E-state index is 0.633. The molecule has 56 heavy (non-hydrogen) atoms. The summed E-state index contributed by atoms with van der Waals surface area (Å²) in [4.78, 5) is 18.8. The number of aromatic nitrogens is 5. The third kappa shape index (κ3) is 5.29. The molecule has 0 radical (unpaired) electrons. The summed E-state index contributed by atoms with van der Waals surface area (Å²) in [5.74, 6) is 1.92. The fourth-order valence-electron chi connectivity index (χ4n) is 8.19. The Morgan fingerprint density at radius 3 is 1.43 bits per heavy atom. The number of fused-ring (bicyclic) bond motifs is 6. The van der Waals surface area contributed by atoms with Gasteiger partial charge < -0.3 is 9.55 Å². The molecule has 0 bridgehead atoms. The van der Waals surface area contributed by atoms with Gasteiger partial charge in [-0.1, -0.05) is 164 Å².